The molecule has 6 bridgehead atoms. The number of carbonyl (C=O) groups is 6. The van der Waals surface area contributed by atoms with Crippen LogP contribution in [0.5, 0.6) is 5.75 Å². The number of fused-ring (bicyclic) bond motifs is 6. The first kappa shape index (κ1) is 50.9. The molecule has 3 aromatic carbocycles. The summed E-state index contributed by atoms with van der Waals surface area (Å²) in [6, 6.07) is 16.0. The molecule has 0 unspecified atom stereocenters. The molecule has 1 spiro atoms. The Labute approximate surface area is 416 Å². The van der Waals surface area contributed by atoms with Gasteiger partial charge in [-0.1, -0.05) is 70.7 Å². The van der Waals surface area contributed by atoms with Gasteiger partial charge >= 0.3 is 12.0 Å². The molecule has 3 N–H and O–H groups in total. The molecule has 0 radical (unpaired) electrons. The first-order valence-electron chi connectivity index (χ1n) is 25.0. The van der Waals surface area contributed by atoms with E-state index in [1.807, 2.05) is 18.2 Å². The number of carbonyl (C=O) groups excluding carboxylic acids is 6. The number of esters is 1. The van der Waals surface area contributed by atoms with Crippen LogP contribution in [0.15, 0.2) is 73.3 Å². The van der Waals surface area contributed by atoms with Gasteiger partial charge in [-0.05, 0) is 110 Å². The van der Waals surface area contributed by atoms with E-state index in [9.17, 15) is 33.9 Å². The molecule has 6 amide bonds. The number of ether oxygens (including phenoxy) is 2. The molecule has 16 nitrogen and oxygen atoms in total. The Kier molecular flexibility index (Phi) is 14.8. The summed E-state index contributed by atoms with van der Waals surface area (Å²) >= 11 is 0. The molecule has 4 aromatic rings. The molecular formula is C55H69N7O9. The number of methoxy groups -OCH3 is 1. The average molecular weight is 972 g/mol. The minimum Gasteiger partial charge on any atom is -0.508 e. The number of aromatic nitrogens is 1. The predicted octanol–water partition coefficient (Wildman–Crippen LogP) is 6.25. The lowest BCUT2D eigenvalue weighted by Gasteiger charge is -2.37. The van der Waals surface area contributed by atoms with E-state index in [0.717, 1.165) is 45.3 Å². The van der Waals surface area contributed by atoms with Crippen LogP contribution in [0, 0.1) is 16.7 Å². The summed E-state index contributed by atoms with van der Waals surface area (Å²) in [5, 5.41) is 16.7. The molecule has 0 aliphatic carbocycles. The van der Waals surface area contributed by atoms with Crippen LogP contribution in [-0.4, -0.2) is 137 Å². The fraction of sp³-hybridized carbons (Fsp3) is 0.491. The van der Waals surface area contributed by atoms with Gasteiger partial charge in [0, 0.05) is 75.2 Å². The third kappa shape index (κ3) is 10.2. The van der Waals surface area contributed by atoms with Crippen LogP contribution in [-0.2, 0) is 59.3 Å². The number of amides is 6. The highest BCUT2D eigenvalue weighted by molar-refractivity contribution is 6.02. The molecule has 3 fully saturated rings. The monoisotopic (exact) mass is 972 g/mol. The summed E-state index contributed by atoms with van der Waals surface area (Å²) < 4.78 is 14.0. The smallest absolute Gasteiger partial charge is 0.327 e. The molecule has 71 heavy (non-hydrogen) atoms. The summed E-state index contributed by atoms with van der Waals surface area (Å²) in [6.45, 7) is 15.8. The molecule has 0 saturated carbocycles. The highest BCUT2D eigenvalue weighted by atomic mass is 16.5. The van der Waals surface area contributed by atoms with Crippen molar-refractivity contribution in [3.63, 3.8) is 0 Å². The van der Waals surface area contributed by atoms with Gasteiger partial charge in [-0.15, -0.1) is 0 Å². The molecule has 4 aliphatic rings. The third-order valence-corrected chi connectivity index (χ3v) is 14.9. The Morgan fingerprint density at radius 3 is 2.52 bits per heavy atom. The lowest BCUT2D eigenvalue weighted by Crippen LogP contribution is -2.62. The van der Waals surface area contributed by atoms with Crippen LogP contribution in [0.25, 0.3) is 33.3 Å². The zero-order valence-corrected chi connectivity index (χ0v) is 42.2. The van der Waals surface area contributed by atoms with Gasteiger partial charge in [0.15, 0.2) is 0 Å². The summed E-state index contributed by atoms with van der Waals surface area (Å²) in [7, 11) is 3.18. The van der Waals surface area contributed by atoms with Crippen molar-refractivity contribution in [2.75, 3.05) is 53.6 Å². The number of hydrogen-bond donors (Lipinski definition) is 3. The minimum absolute atomic E-state index is 0.0265. The number of phenolic OH excluding ortho intramolecular Hbond substituents is 1. The number of rotatable bonds is 10. The molecule has 8 rings (SSSR count). The topological polar surface area (TPSA) is 183 Å². The van der Waals surface area contributed by atoms with E-state index in [1.165, 1.54) is 27.9 Å². The van der Waals surface area contributed by atoms with Crippen molar-refractivity contribution in [2.24, 2.45) is 16.7 Å². The van der Waals surface area contributed by atoms with Crippen molar-refractivity contribution in [3.05, 3.63) is 90.0 Å². The zero-order valence-electron chi connectivity index (χ0n) is 42.2. The number of urea groups is 1. The second-order valence-electron chi connectivity index (χ2n) is 20.9. The number of nitrogens with one attached hydrogen (secondary N) is 2. The Morgan fingerprint density at radius 2 is 1.79 bits per heavy atom. The van der Waals surface area contributed by atoms with Crippen LogP contribution < -0.4 is 10.7 Å². The fourth-order valence-corrected chi connectivity index (χ4v) is 11.3. The van der Waals surface area contributed by atoms with E-state index >= 15 is 0 Å². The maximum absolute atomic E-state index is 14.8. The molecule has 3 saturated heterocycles. The molecule has 4 atom stereocenters. The van der Waals surface area contributed by atoms with Crippen LogP contribution in [0.2, 0.25) is 0 Å². The number of likely N-dealkylation sites (N-methyl/N-ethyl adjacent to an activating group) is 1. The Hall–Kier alpha value is -6.52. The maximum atomic E-state index is 14.8. The Morgan fingerprint density at radius 1 is 1.03 bits per heavy atom. The van der Waals surface area contributed by atoms with Gasteiger partial charge in [-0.2, -0.15) is 0 Å². The molecule has 16 heteroatoms. The Balaban J connectivity index is 1.16. The number of aryl methyl sites for hydroxylation is 1. The largest absolute Gasteiger partial charge is 0.508 e. The second-order valence-corrected chi connectivity index (χ2v) is 20.9. The molecule has 4 aliphatic heterocycles. The third-order valence-electron chi connectivity index (χ3n) is 14.9. The van der Waals surface area contributed by atoms with Crippen molar-refractivity contribution in [2.45, 2.75) is 104 Å². The number of aromatic hydroxyl groups is 1. The number of phenols is 1. The minimum atomic E-state index is -1.22. The van der Waals surface area contributed by atoms with E-state index in [4.69, 9.17) is 9.47 Å². The van der Waals surface area contributed by atoms with Crippen LogP contribution in [0.3, 0.4) is 0 Å². The van der Waals surface area contributed by atoms with Gasteiger partial charge < -0.3 is 34.3 Å². The number of likely N-dealkylation sites (tertiary alicyclic amines) is 2. The molecule has 378 valence electrons. The SMILES string of the molecule is C=CC(=O)N1CC[C@]2(CCN(C(=O)N(C)[C@H](C(=O)N[C@@H]3Cc4cc(O)cc(c4)-c4ccc5c(c4)c(c(-c4ccccc4CCOC)n5CC)CC(C)(C)COC(=O)[C@@H]4CCCN(N4)C3=O)C(C)C)C2=O)C1. The molecule has 1 aromatic heterocycles. The van der Waals surface area contributed by atoms with Crippen molar-refractivity contribution in [1.82, 2.24) is 35.0 Å². The molecule has 5 heterocycles. The zero-order chi connectivity index (χ0) is 50.9. The number of imide groups is 1. The quantitative estimate of drug-likeness (QED) is 0.121. The van der Waals surface area contributed by atoms with Gasteiger partial charge in [-0.3, -0.25) is 33.9 Å². The van der Waals surface area contributed by atoms with Crippen LogP contribution in [0.4, 0.5) is 4.79 Å². The fourth-order valence-electron chi connectivity index (χ4n) is 11.3. The van der Waals surface area contributed by atoms with Crippen molar-refractivity contribution in [3.8, 4) is 28.1 Å². The van der Waals surface area contributed by atoms with E-state index in [0.29, 0.717) is 62.9 Å². The van der Waals surface area contributed by atoms with Gasteiger partial charge in [0.2, 0.25) is 17.7 Å². The lowest BCUT2D eigenvalue weighted by atomic mass is 9.83. The van der Waals surface area contributed by atoms with Crippen LogP contribution >= 0.6 is 0 Å². The van der Waals surface area contributed by atoms with E-state index in [1.54, 1.807) is 38.0 Å². The standard InChI is InChI=1S/C55H69N7O9/c1-9-46(64)59-23-20-55(32-59)21-24-61(52(55)68)53(69)58(7)47(34(3)4)49(65)56-44-28-35-26-38(29-39(63)27-35)37-17-18-45-41(30-37)42(48(60(45)10-2)40-15-12-11-14-36(40)19-25-70-8)31-54(5,6)33-71-51(67)43-16-13-22-62(57-43)50(44)66/h9,11-12,14-15,17-18,26-27,29-30,34,43-44,47,57,63H,1,10,13,16,19-25,28,31-33H2,2-8H3,(H,56,65)/t43-,44+,47-,55-/m0/s1. The van der Waals surface area contributed by atoms with Crippen molar-refractivity contribution < 1.29 is 43.3 Å². The van der Waals surface area contributed by atoms with Gasteiger partial charge in [0.05, 0.1) is 24.3 Å². The number of cyclic esters (lactones) is 1. The van der Waals surface area contributed by atoms with E-state index in [2.05, 4.69) is 73.0 Å². The van der Waals surface area contributed by atoms with Gasteiger partial charge in [0.1, 0.15) is 23.9 Å². The average Bonchev–Trinajstić information content (AvgIpc) is 4.03. The summed E-state index contributed by atoms with van der Waals surface area (Å²) in [5.41, 5.74) is 9.27. The second kappa shape index (κ2) is 20.7. The van der Waals surface area contributed by atoms with Crippen molar-refractivity contribution in [1.29, 1.82) is 0 Å². The first-order chi connectivity index (χ1) is 33.9. The van der Waals surface area contributed by atoms with Crippen LogP contribution in [0.1, 0.15) is 77.0 Å². The molecular weight excluding hydrogens is 903 g/mol. The number of hydrogen-bond acceptors (Lipinski definition) is 10. The maximum Gasteiger partial charge on any atom is 0.327 e. The van der Waals surface area contributed by atoms with E-state index < -0.39 is 58.7 Å². The van der Waals surface area contributed by atoms with Gasteiger partial charge in [0.25, 0.3) is 5.91 Å². The predicted molar refractivity (Wildman–Crippen MR) is 270 cm³/mol. The highest BCUT2D eigenvalue weighted by Crippen LogP contribution is 2.43. The summed E-state index contributed by atoms with van der Waals surface area (Å²) in [4.78, 5) is 88.1. The van der Waals surface area contributed by atoms with E-state index in [-0.39, 0.29) is 50.2 Å². The normalized spacial score (nSPS) is 21.9. The van der Waals surface area contributed by atoms with Crippen molar-refractivity contribution >= 4 is 46.5 Å². The number of nitrogens with zero attached hydrogens (tertiary/aromatic N) is 5. The first-order valence-corrected chi connectivity index (χ1v) is 25.0. The van der Waals surface area contributed by atoms with Gasteiger partial charge in [-0.25, -0.2) is 10.2 Å². The highest BCUT2D eigenvalue weighted by Gasteiger charge is 2.54. The number of hydrazine groups is 1. The lowest BCUT2D eigenvalue weighted by molar-refractivity contribution is -0.155. The number of benzene rings is 3. The summed E-state index contributed by atoms with van der Waals surface area (Å²) in [5.74, 6) is -2.76. The summed E-state index contributed by atoms with van der Waals surface area (Å²) in [6.07, 6.45) is 4.17. The Bertz CT molecular complexity index is 2750.